The number of hydrogen-bond donors (Lipinski definition) is 0. The summed E-state index contributed by atoms with van der Waals surface area (Å²) in [7, 11) is 1.50. The first kappa shape index (κ1) is 14.4. The lowest BCUT2D eigenvalue weighted by molar-refractivity contribution is -0.138. The summed E-state index contributed by atoms with van der Waals surface area (Å²) in [5, 5.41) is 4.20. The molecule has 0 spiro atoms. The van der Waals surface area contributed by atoms with Crippen LogP contribution in [0.3, 0.4) is 0 Å². The van der Waals surface area contributed by atoms with Gasteiger partial charge in [-0.3, -0.25) is 0 Å². The van der Waals surface area contributed by atoms with Gasteiger partial charge in [-0.1, -0.05) is 18.2 Å². The fraction of sp³-hybridized carbons (Fsp3) is 0.200. The predicted octanol–water partition coefficient (Wildman–Crippen LogP) is 3.35. The van der Waals surface area contributed by atoms with Gasteiger partial charge in [0.25, 0.3) is 0 Å². The molecule has 2 aromatic heterocycles. The highest BCUT2D eigenvalue weighted by Crippen LogP contribution is 2.32. The molecule has 0 saturated carbocycles. The van der Waals surface area contributed by atoms with Crippen molar-refractivity contribution in [1.29, 1.82) is 0 Å². The van der Waals surface area contributed by atoms with Gasteiger partial charge in [0.05, 0.1) is 12.7 Å². The van der Waals surface area contributed by atoms with E-state index in [0.717, 1.165) is 6.07 Å². The summed E-state index contributed by atoms with van der Waals surface area (Å²) in [5.41, 5.74) is -0.0461. The zero-order chi connectivity index (χ0) is 15.7. The van der Waals surface area contributed by atoms with Gasteiger partial charge in [-0.15, -0.1) is 0 Å². The molecule has 1 aromatic carbocycles. The summed E-state index contributed by atoms with van der Waals surface area (Å²) in [6.07, 6.45) is -2.72. The second-order valence-corrected chi connectivity index (χ2v) is 4.70. The average molecular weight is 307 g/mol. The number of ether oxygens (including phenoxy) is 1. The van der Waals surface area contributed by atoms with E-state index in [4.69, 9.17) is 4.74 Å². The Kier molecular flexibility index (Phi) is 3.48. The van der Waals surface area contributed by atoms with E-state index in [1.54, 1.807) is 24.4 Å². The minimum absolute atomic E-state index is 0.000514. The first-order valence-corrected chi connectivity index (χ1v) is 6.52. The van der Waals surface area contributed by atoms with Crippen LogP contribution in [-0.4, -0.2) is 21.7 Å². The van der Waals surface area contributed by atoms with Crippen LogP contribution in [0.15, 0.2) is 42.6 Å². The van der Waals surface area contributed by atoms with E-state index in [-0.39, 0.29) is 12.0 Å². The minimum atomic E-state index is -4.40. The van der Waals surface area contributed by atoms with Crippen molar-refractivity contribution in [2.75, 3.05) is 7.11 Å². The first-order chi connectivity index (χ1) is 10.5. The third-order valence-electron chi connectivity index (χ3n) is 3.26. The van der Waals surface area contributed by atoms with Crippen molar-refractivity contribution < 1.29 is 17.9 Å². The van der Waals surface area contributed by atoms with Crippen LogP contribution in [0.4, 0.5) is 13.2 Å². The number of aromatic nitrogens is 3. The molecule has 0 fully saturated rings. The van der Waals surface area contributed by atoms with Crippen molar-refractivity contribution in [3.8, 4) is 5.75 Å². The van der Waals surface area contributed by atoms with E-state index in [2.05, 4.69) is 10.1 Å². The van der Waals surface area contributed by atoms with Crippen molar-refractivity contribution in [2.24, 2.45) is 0 Å². The van der Waals surface area contributed by atoms with Crippen molar-refractivity contribution >= 4 is 5.65 Å². The summed E-state index contributed by atoms with van der Waals surface area (Å²) in [4.78, 5) is 4.26. The molecule has 3 rings (SSSR count). The molecule has 114 valence electrons. The average Bonchev–Trinajstić information content (AvgIpc) is 2.88. The number of methoxy groups -OCH3 is 1. The van der Waals surface area contributed by atoms with Crippen LogP contribution < -0.4 is 4.74 Å². The van der Waals surface area contributed by atoms with E-state index < -0.39 is 11.7 Å². The molecule has 0 bridgehead atoms. The van der Waals surface area contributed by atoms with Gasteiger partial charge in [-0.05, 0) is 23.8 Å². The highest BCUT2D eigenvalue weighted by atomic mass is 19.4. The molecule has 0 atom stereocenters. The van der Waals surface area contributed by atoms with E-state index >= 15 is 0 Å². The van der Waals surface area contributed by atoms with Crippen molar-refractivity contribution in [1.82, 2.24) is 14.6 Å². The Hall–Kier alpha value is -2.57. The Balaban J connectivity index is 2.01. The van der Waals surface area contributed by atoms with Gasteiger partial charge in [-0.25, -0.2) is 9.50 Å². The smallest absolute Gasteiger partial charge is 0.416 e. The van der Waals surface area contributed by atoms with Gasteiger partial charge >= 0.3 is 6.18 Å². The Bertz CT molecular complexity index is 811. The predicted molar refractivity (Wildman–Crippen MR) is 73.8 cm³/mol. The Labute approximate surface area is 124 Å². The fourth-order valence-electron chi connectivity index (χ4n) is 2.28. The van der Waals surface area contributed by atoms with Crippen LogP contribution in [0.2, 0.25) is 0 Å². The van der Waals surface area contributed by atoms with Gasteiger partial charge < -0.3 is 4.74 Å². The van der Waals surface area contributed by atoms with Crippen LogP contribution in [-0.2, 0) is 12.6 Å². The van der Waals surface area contributed by atoms with E-state index in [0.29, 0.717) is 17.2 Å². The van der Waals surface area contributed by atoms with Crippen LogP contribution in [0, 0.1) is 0 Å². The van der Waals surface area contributed by atoms with Crippen molar-refractivity contribution in [2.45, 2.75) is 12.6 Å². The van der Waals surface area contributed by atoms with Crippen LogP contribution in [0.5, 0.6) is 5.75 Å². The van der Waals surface area contributed by atoms with Crippen LogP contribution in [0.25, 0.3) is 5.65 Å². The van der Waals surface area contributed by atoms with Gasteiger partial charge in [0.2, 0.25) is 0 Å². The minimum Gasteiger partial charge on any atom is -0.493 e. The standard InChI is InChI=1S/C15H12F3N3O/c1-22-12-7-4-8-21-14(12)19-13(20-21)9-10-5-2-3-6-11(10)15(16,17)18/h2-8H,9H2,1H3. The largest absolute Gasteiger partial charge is 0.493 e. The molecule has 0 N–H and O–H groups in total. The number of pyridine rings is 1. The second-order valence-electron chi connectivity index (χ2n) is 4.70. The molecule has 0 unspecified atom stereocenters. The summed E-state index contributed by atoms with van der Waals surface area (Å²) < 4.78 is 45.7. The molecule has 7 heteroatoms. The molecule has 22 heavy (non-hydrogen) atoms. The maximum Gasteiger partial charge on any atom is 0.416 e. The maximum absolute atomic E-state index is 13.0. The van der Waals surface area contributed by atoms with Gasteiger partial charge in [-0.2, -0.15) is 18.3 Å². The van der Waals surface area contributed by atoms with Gasteiger partial charge in [0.1, 0.15) is 0 Å². The van der Waals surface area contributed by atoms with Crippen molar-refractivity contribution in [3.63, 3.8) is 0 Å². The lowest BCUT2D eigenvalue weighted by atomic mass is 10.0. The molecule has 0 radical (unpaired) electrons. The van der Waals surface area contributed by atoms with Crippen LogP contribution in [0.1, 0.15) is 17.0 Å². The number of alkyl halides is 3. The Morgan fingerprint density at radius 2 is 1.91 bits per heavy atom. The molecule has 4 nitrogen and oxygen atoms in total. The zero-order valence-corrected chi connectivity index (χ0v) is 11.6. The van der Waals surface area contributed by atoms with Crippen LogP contribution >= 0.6 is 0 Å². The SMILES string of the molecule is COc1cccn2nc(Cc3ccccc3C(F)(F)F)nc12. The molecule has 0 amide bonds. The normalized spacial score (nSPS) is 11.8. The number of rotatable bonds is 3. The molecule has 2 heterocycles. The summed E-state index contributed by atoms with van der Waals surface area (Å²) in [6, 6.07) is 8.89. The molecular formula is C15H12F3N3O. The zero-order valence-electron chi connectivity index (χ0n) is 11.6. The van der Waals surface area contributed by atoms with Gasteiger partial charge in [0, 0.05) is 12.6 Å². The lowest BCUT2D eigenvalue weighted by Crippen LogP contribution is -2.09. The summed E-state index contributed by atoms with van der Waals surface area (Å²) in [6.45, 7) is 0. The molecule has 0 saturated heterocycles. The van der Waals surface area contributed by atoms with E-state index in [1.807, 2.05) is 0 Å². The number of benzene rings is 1. The third-order valence-corrected chi connectivity index (χ3v) is 3.26. The molecule has 3 aromatic rings. The number of hydrogen-bond acceptors (Lipinski definition) is 3. The lowest BCUT2D eigenvalue weighted by Gasteiger charge is -2.11. The topological polar surface area (TPSA) is 39.4 Å². The van der Waals surface area contributed by atoms with Crippen molar-refractivity contribution in [3.05, 3.63) is 59.5 Å². The first-order valence-electron chi connectivity index (χ1n) is 6.52. The molecule has 0 aliphatic heterocycles. The maximum atomic E-state index is 13.0. The molecule has 0 aliphatic rings. The highest BCUT2D eigenvalue weighted by molar-refractivity contribution is 5.52. The number of nitrogens with zero attached hydrogens (tertiary/aromatic N) is 3. The quantitative estimate of drug-likeness (QED) is 0.745. The van der Waals surface area contributed by atoms with E-state index in [1.165, 1.54) is 23.8 Å². The fourth-order valence-corrected chi connectivity index (χ4v) is 2.28. The molecule has 0 aliphatic carbocycles. The Morgan fingerprint density at radius 1 is 1.14 bits per heavy atom. The number of fused-ring (bicyclic) bond motifs is 1. The summed E-state index contributed by atoms with van der Waals surface area (Å²) in [5.74, 6) is 0.826. The monoisotopic (exact) mass is 307 g/mol. The second kappa shape index (κ2) is 5.32. The molecular weight excluding hydrogens is 295 g/mol. The Morgan fingerprint density at radius 3 is 2.64 bits per heavy atom. The highest BCUT2D eigenvalue weighted by Gasteiger charge is 2.33. The number of halogens is 3. The summed E-state index contributed by atoms with van der Waals surface area (Å²) >= 11 is 0. The third kappa shape index (κ3) is 2.61. The van der Waals surface area contributed by atoms with E-state index in [9.17, 15) is 13.2 Å². The van der Waals surface area contributed by atoms with Gasteiger partial charge in [0.15, 0.2) is 17.2 Å².